The van der Waals surface area contributed by atoms with Crippen LogP contribution in [0.2, 0.25) is 0 Å². The van der Waals surface area contributed by atoms with E-state index in [4.69, 9.17) is 0 Å². The molecule has 7 aromatic carbocycles. The van der Waals surface area contributed by atoms with Gasteiger partial charge in [0.15, 0.2) is 0 Å². The van der Waals surface area contributed by atoms with Crippen LogP contribution in [0.1, 0.15) is 5.56 Å². The summed E-state index contributed by atoms with van der Waals surface area (Å²) in [5, 5.41) is 18.1. The molecule has 0 bridgehead atoms. The molecule has 0 atom stereocenters. The van der Waals surface area contributed by atoms with Gasteiger partial charge in [-0.2, -0.15) is 5.26 Å². The number of fused-ring (bicyclic) bond motifs is 10. The predicted octanol–water partition coefficient (Wildman–Crippen LogP) is 10.8. The van der Waals surface area contributed by atoms with E-state index in [1.54, 1.807) is 0 Å². The standard InChI is InChI=1S/C43H26N4/c44-27-35-40(46-37-20-9-4-15-29(37)30-16-5-10-21-38(30)46)23-12-24-41(35)47-39-22-11-7-18-32(39)34-26-25-33-31-17-6-8-19-36(31)45(42(33)43(34)47)28-13-2-1-3-14-28/h1-26H. The van der Waals surface area contributed by atoms with Crippen molar-refractivity contribution in [1.29, 1.82) is 5.26 Å². The van der Waals surface area contributed by atoms with Crippen molar-refractivity contribution in [2.75, 3.05) is 0 Å². The Hall–Kier alpha value is -6.57. The summed E-state index contributed by atoms with van der Waals surface area (Å²) in [6, 6.07) is 58.1. The Kier molecular flexibility index (Phi) is 5.32. The van der Waals surface area contributed by atoms with Gasteiger partial charge in [0, 0.05) is 38.0 Å². The molecule has 3 aromatic heterocycles. The fourth-order valence-corrected chi connectivity index (χ4v) is 7.79. The third-order valence-corrected chi connectivity index (χ3v) is 9.68. The van der Waals surface area contributed by atoms with Crippen LogP contribution in [-0.2, 0) is 0 Å². The van der Waals surface area contributed by atoms with Gasteiger partial charge in [-0.25, -0.2) is 0 Å². The van der Waals surface area contributed by atoms with E-state index in [0.717, 1.165) is 60.9 Å². The second-order valence-corrected chi connectivity index (χ2v) is 12.1. The third-order valence-electron chi connectivity index (χ3n) is 9.68. The molecule has 0 aliphatic heterocycles. The lowest BCUT2D eigenvalue weighted by atomic mass is 10.1. The van der Waals surface area contributed by atoms with Crippen LogP contribution < -0.4 is 0 Å². The predicted molar refractivity (Wildman–Crippen MR) is 194 cm³/mol. The van der Waals surface area contributed by atoms with Crippen molar-refractivity contribution in [2.45, 2.75) is 0 Å². The monoisotopic (exact) mass is 598 g/mol. The first-order chi connectivity index (χ1) is 23.3. The molecular formula is C43H26N4. The van der Waals surface area contributed by atoms with Crippen LogP contribution in [0.3, 0.4) is 0 Å². The minimum Gasteiger partial charge on any atom is -0.308 e. The van der Waals surface area contributed by atoms with Crippen molar-refractivity contribution in [3.8, 4) is 23.1 Å². The first-order valence-electron chi connectivity index (χ1n) is 15.9. The third kappa shape index (κ3) is 3.46. The van der Waals surface area contributed by atoms with Gasteiger partial charge < -0.3 is 13.7 Å². The minimum atomic E-state index is 0.626. The molecule has 0 unspecified atom stereocenters. The van der Waals surface area contributed by atoms with Gasteiger partial charge in [-0.1, -0.05) is 109 Å². The van der Waals surface area contributed by atoms with Crippen LogP contribution >= 0.6 is 0 Å². The maximum absolute atomic E-state index is 11.1. The summed E-state index contributed by atoms with van der Waals surface area (Å²) in [6.45, 7) is 0. The second kappa shape index (κ2) is 9.71. The average Bonchev–Trinajstić information content (AvgIpc) is 3.77. The Morgan fingerprint density at radius 3 is 1.28 bits per heavy atom. The Morgan fingerprint density at radius 2 is 0.745 bits per heavy atom. The van der Waals surface area contributed by atoms with Gasteiger partial charge in [-0.05, 0) is 48.5 Å². The number of hydrogen-bond donors (Lipinski definition) is 0. The molecule has 4 heteroatoms. The zero-order valence-corrected chi connectivity index (χ0v) is 25.3. The first-order valence-corrected chi connectivity index (χ1v) is 15.9. The molecule has 3 heterocycles. The van der Waals surface area contributed by atoms with E-state index in [-0.39, 0.29) is 0 Å². The zero-order valence-electron chi connectivity index (χ0n) is 25.3. The van der Waals surface area contributed by atoms with E-state index in [9.17, 15) is 5.26 Å². The molecule has 0 amide bonds. The quantitative estimate of drug-likeness (QED) is 0.199. The van der Waals surface area contributed by atoms with Gasteiger partial charge in [-0.3, -0.25) is 0 Å². The van der Waals surface area contributed by atoms with Gasteiger partial charge in [0.1, 0.15) is 11.6 Å². The summed E-state index contributed by atoms with van der Waals surface area (Å²) < 4.78 is 6.95. The molecule has 0 saturated carbocycles. The number of benzene rings is 7. The van der Waals surface area contributed by atoms with E-state index in [2.05, 4.69) is 177 Å². The Labute approximate surface area is 270 Å². The average molecular weight is 599 g/mol. The minimum absolute atomic E-state index is 0.626. The van der Waals surface area contributed by atoms with E-state index in [0.29, 0.717) is 5.56 Å². The van der Waals surface area contributed by atoms with Crippen molar-refractivity contribution in [3.63, 3.8) is 0 Å². The summed E-state index contributed by atoms with van der Waals surface area (Å²) in [7, 11) is 0. The lowest BCUT2D eigenvalue weighted by Gasteiger charge is -2.16. The number of aromatic nitrogens is 3. The van der Waals surface area contributed by atoms with Crippen molar-refractivity contribution < 1.29 is 0 Å². The van der Waals surface area contributed by atoms with E-state index in [1.807, 2.05) is 0 Å². The summed E-state index contributed by atoms with van der Waals surface area (Å²) in [5.41, 5.74) is 10.0. The molecule has 0 radical (unpaired) electrons. The number of para-hydroxylation sites is 5. The van der Waals surface area contributed by atoms with Crippen LogP contribution in [0.25, 0.3) is 82.5 Å². The summed E-state index contributed by atoms with van der Waals surface area (Å²) >= 11 is 0. The second-order valence-electron chi connectivity index (χ2n) is 12.1. The summed E-state index contributed by atoms with van der Waals surface area (Å²) in [6.07, 6.45) is 0. The Bertz CT molecular complexity index is 2860. The highest BCUT2D eigenvalue weighted by atomic mass is 15.1. The molecule has 0 aliphatic rings. The van der Waals surface area contributed by atoms with Gasteiger partial charge in [0.05, 0.1) is 44.5 Å². The molecule has 10 rings (SSSR count). The van der Waals surface area contributed by atoms with Gasteiger partial charge in [-0.15, -0.1) is 0 Å². The van der Waals surface area contributed by atoms with E-state index in [1.165, 1.54) is 21.5 Å². The van der Waals surface area contributed by atoms with Gasteiger partial charge in [0.25, 0.3) is 0 Å². The molecule has 0 N–H and O–H groups in total. The maximum atomic E-state index is 11.1. The lowest BCUT2D eigenvalue weighted by Crippen LogP contribution is -2.04. The van der Waals surface area contributed by atoms with Crippen molar-refractivity contribution in [3.05, 3.63) is 163 Å². The van der Waals surface area contributed by atoms with Gasteiger partial charge >= 0.3 is 0 Å². The van der Waals surface area contributed by atoms with Crippen LogP contribution in [-0.4, -0.2) is 13.7 Å². The molecule has 0 saturated heterocycles. The van der Waals surface area contributed by atoms with Crippen molar-refractivity contribution in [1.82, 2.24) is 13.7 Å². The SMILES string of the molecule is N#Cc1c(-n2c3ccccc3c3ccccc32)cccc1-n1c2ccccc2c2ccc3c4ccccc4n(-c4ccccc4)c3c21. The topological polar surface area (TPSA) is 38.6 Å². The van der Waals surface area contributed by atoms with Crippen LogP contribution in [0.15, 0.2) is 158 Å². The Morgan fingerprint density at radius 1 is 0.340 bits per heavy atom. The number of nitrogens with zero attached hydrogens (tertiary/aromatic N) is 4. The molecule has 47 heavy (non-hydrogen) atoms. The molecule has 4 nitrogen and oxygen atoms in total. The van der Waals surface area contributed by atoms with Gasteiger partial charge in [0.2, 0.25) is 0 Å². The molecular weight excluding hydrogens is 573 g/mol. The number of hydrogen-bond acceptors (Lipinski definition) is 1. The van der Waals surface area contributed by atoms with Crippen LogP contribution in [0, 0.1) is 11.3 Å². The van der Waals surface area contributed by atoms with Crippen molar-refractivity contribution in [2.24, 2.45) is 0 Å². The highest BCUT2D eigenvalue weighted by Gasteiger charge is 2.24. The van der Waals surface area contributed by atoms with E-state index < -0.39 is 0 Å². The number of nitriles is 1. The number of rotatable bonds is 3. The van der Waals surface area contributed by atoms with Crippen LogP contribution in [0.5, 0.6) is 0 Å². The highest BCUT2D eigenvalue weighted by Crippen LogP contribution is 2.43. The maximum Gasteiger partial charge on any atom is 0.104 e. The fourth-order valence-electron chi connectivity index (χ4n) is 7.79. The van der Waals surface area contributed by atoms with E-state index >= 15 is 0 Å². The summed E-state index contributed by atoms with van der Waals surface area (Å²) in [5.74, 6) is 0. The molecule has 0 aliphatic carbocycles. The highest BCUT2D eigenvalue weighted by molar-refractivity contribution is 6.24. The van der Waals surface area contributed by atoms with Crippen LogP contribution in [0.4, 0.5) is 0 Å². The summed E-state index contributed by atoms with van der Waals surface area (Å²) in [4.78, 5) is 0. The zero-order chi connectivity index (χ0) is 31.1. The molecule has 0 fully saturated rings. The lowest BCUT2D eigenvalue weighted by molar-refractivity contribution is 1.11. The Balaban J connectivity index is 1.40. The normalized spacial score (nSPS) is 11.8. The van der Waals surface area contributed by atoms with Crippen molar-refractivity contribution >= 4 is 65.4 Å². The smallest absolute Gasteiger partial charge is 0.104 e. The largest absolute Gasteiger partial charge is 0.308 e. The molecule has 0 spiro atoms. The first kappa shape index (κ1) is 25.7. The molecule has 10 aromatic rings. The fraction of sp³-hybridized carbons (Fsp3) is 0. The molecule has 218 valence electrons.